The van der Waals surface area contributed by atoms with Crippen LogP contribution in [0.5, 0.6) is 0 Å². The molecule has 9 rings (SSSR count). The predicted octanol–water partition coefficient (Wildman–Crippen LogP) is 10.5. The minimum Gasteiger partial charge on any atom is -0.462 e. The van der Waals surface area contributed by atoms with Gasteiger partial charge in [0.1, 0.15) is 6.10 Å². The molecule has 0 aromatic heterocycles. The fourth-order valence-corrected chi connectivity index (χ4v) is 14.4. The van der Waals surface area contributed by atoms with Crippen LogP contribution < -0.4 is 0 Å². The first kappa shape index (κ1) is 39.4. The van der Waals surface area contributed by atoms with Crippen molar-refractivity contribution in [1.29, 1.82) is 0 Å². The second kappa shape index (κ2) is 14.7. The molecule has 8 nitrogen and oxygen atoms in total. The van der Waals surface area contributed by atoms with E-state index in [1.807, 2.05) is 6.92 Å². The van der Waals surface area contributed by atoms with Crippen LogP contribution in [0, 0.1) is 70.0 Å². The lowest BCUT2D eigenvalue weighted by Crippen LogP contribution is -2.70. The molecule has 8 heteroatoms. The molecule has 1 spiro atoms. The number of ether oxygens (including phenoxy) is 4. The van der Waals surface area contributed by atoms with Crippen LogP contribution in [0.3, 0.4) is 0 Å². The van der Waals surface area contributed by atoms with Crippen LogP contribution in [0.25, 0.3) is 0 Å². The van der Waals surface area contributed by atoms with Crippen molar-refractivity contribution in [2.24, 2.45) is 70.0 Å². The smallest absolute Gasteiger partial charge is 0.308 e. The van der Waals surface area contributed by atoms with E-state index in [0.717, 1.165) is 80.5 Å². The molecule has 0 amide bonds. The summed E-state index contributed by atoms with van der Waals surface area (Å²) in [5, 5.41) is 0. The Hall–Kier alpha value is -1.48. The zero-order chi connectivity index (χ0) is 38.2. The third-order valence-corrected chi connectivity index (χ3v) is 17.4. The van der Waals surface area contributed by atoms with Gasteiger partial charge in [-0.1, -0.05) is 79.4 Å². The molecule has 4 heterocycles. The normalized spacial score (nSPS) is 48.4. The third kappa shape index (κ3) is 6.65. The van der Waals surface area contributed by atoms with Crippen molar-refractivity contribution >= 4 is 11.9 Å². The van der Waals surface area contributed by atoms with Crippen molar-refractivity contribution in [3.63, 3.8) is 0 Å². The molecule has 4 saturated carbocycles. The fraction of sp³-hybridized carbons (Fsp3) is 0.913. The van der Waals surface area contributed by atoms with Crippen LogP contribution in [0.15, 0.2) is 11.6 Å². The highest BCUT2D eigenvalue weighted by Crippen LogP contribution is 2.67. The second-order valence-electron chi connectivity index (χ2n) is 20.9. The van der Waals surface area contributed by atoms with Crippen LogP contribution in [0.2, 0.25) is 0 Å². The van der Waals surface area contributed by atoms with E-state index < -0.39 is 29.9 Å². The average Bonchev–Trinajstić information content (AvgIpc) is 3.32. The molecule has 16 atom stereocenters. The standard InChI is InChI=1S/C46H72O8/c1-27(2)10-9-11-28(3)34-16-17-37-33-14-13-31-26-32(20-23-43(31,6)38(33)21-24-44(34,37)7)49-39(47)18-19-40(48)50-41-30(5)36-15-12-29(4)35-22-25-45(8)52-42(51-41)46(35,36)54-53-45/h13,27-30,32-38,41-42H,9-12,14-26H2,1-8H3/t28-,29-,30-,32+,33+,34-,35+,36+,37+,38+,41?,42-,43+,44-,45+,46?/m1/s1. The van der Waals surface area contributed by atoms with Gasteiger partial charge in [0.15, 0.2) is 11.9 Å². The molecule has 2 unspecified atom stereocenters. The van der Waals surface area contributed by atoms with Crippen LogP contribution in [0.1, 0.15) is 165 Å². The zero-order valence-corrected chi connectivity index (χ0v) is 34.9. The number of carbonyl (C=O) groups excluding carboxylic acids is 2. The lowest BCUT2D eigenvalue weighted by Gasteiger charge is -2.59. The lowest BCUT2D eigenvalue weighted by molar-refractivity contribution is -0.576. The summed E-state index contributed by atoms with van der Waals surface area (Å²) in [5.74, 6) is 3.91. The van der Waals surface area contributed by atoms with Crippen molar-refractivity contribution in [3.05, 3.63) is 11.6 Å². The van der Waals surface area contributed by atoms with Crippen LogP contribution in [-0.2, 0) is 38.3 Å². The highest BCUT2D eigenvalue weighted by Gasteiger charge is 2.70. The van der Waals surface area contributed by atoms with Gasteiger partial charge in [-0.25, -0.2) is 9.78 Å². The Morgan fingerprint density at radius 2 is 1.56 bits per heavy atom. The number of carbonyl (C=O) groups is 2. The Balaban J connectivity index is 0.832. The first-order valence-corrected chi connectivity index (χ1v) is 22.5. The average molecular weight is 753 g/mol. The van der Waals surface area contributed by atoms with Crippen molar-refractivity contribution in [2.75, 3.05) is 0 Å². The second-order valence-corrected chi connectivity index (χ2v) is 20.9. The van der Waals surface area contributed by atoms with Crippen LogP contribution >= 0.6 is 0 Å². The summed E-state index contributed by atoms with van der Waals surface area (Å²) in [6.45, 7) is 18.7. The quantitative estimate of drug-likeness (QED) is 0.124. The Morgan fingerprint density at radius 1 is 0.815 bits per heavy atom. The lowest BCUT2D eigenvalue weighted by atomic mass is 9.47. The number of allylic oxidation sites excluding steroid dienone is 1. The van der Waals surface area contributed by atoms with Gasteiger partial charge in [-0.2, -0.15) is 0 Å². The van der Waals surface area contributed by atoms with E-state index in [1.54, 1.807) is 0 Å². The van der Waals surface area contributed by atoms with Crippen LogP contribution in [-0.4, -0.2) is 42.0 Å². The summed E-state index contributed by atoms with van der Waals surface area (Å²) in [6, 6.07) is 0. The van der Waals surface area contributed by atoms with Crippen molar-refractivity contribution in [2.45, 2.75) is 195 Å². The van der Waals surface area contributed by atoms with Gasteiger partial charge in [0.05, 0.1) is 12.8 Å². The molecule has 54 heavy (non-hydrogen) atoms. The summed E-state index contributed by atoms with van der Waals surface area (Å²) < 4.78 is 24.9. The summed E-state index contributed by atoms with van der Waals surface area (Å²) in [5.41, 5.74) is 1.51. The van der Waals surface area contributed by atoms with E-state index in [1.165, 1.54) is 56.9 Å². The highest BCUT2D eigenvalue weighted by atomic mass is 17.3. The molecule has 5 aliphatic carbocycles. The molecule has 0 radical (unpaired) electrons. The first-order chi connectivity index (χ1) is 25.7. The molecule has 304 valence electrons. The van der Waals surface area contributed by atoms with Crippen molar-refractivity contribution in [1.82, 2.24) is 0 Å². The molecular formula is C46H72O8. The Labute approximate surface area is 325 Å². The van der Waals surface area contributed by atoms with E-state index >= 15 is 0 Å². The summed E-state index contributed by atoms with van der Waals surface area (Å²) >= 11 is 0. The molecular weight excluding hydrogens is 680 g/mol. The number of hydrogen-bond donors (Lipinski definition) is 0. The van der Waals surface area contributed by atoms with Gasteiger partial charge in [-0.3, -0.25) is 9.59 Å². The Bertz CT molecular complexity index is 1440. The summed E-state index contributed by atoms with van der Waals surface area (Å²) in [7, 11) is 0. The molecule has 4 saturated heterocycles. The number of hydrogen-bond acceptors (Lipinski definition) is 8. The molecule has 0 aromatic rings. The summed E-state index contributed by atoms with van der Waals surface area (Å²) in [6.07, 6.45) is 18.3. The first-order valence-electron chi connectivity index (χ1n) is 22.5. The number of rotatable bonds is 10. The van der Waals surface area contributed by atoms with Gasteiger partial charge in [0, 0.05) is 24.7 Å². The number of esters is 2. The fourth-order valence-electron chi connectivity index (χ4n) is 14.4. The van der Waals surface area contributed by atoms with Gasteiger partial charge < -0.3 is 18.9 Å². The minimum atomic E-state index is -0.884. The maximum absolute atomic E-state index is 13.2. The van der Waals surface area contributed by atoms with Crippen molar-refractivity contribution in [3.8, 4) is 0 Å². The molecule has 0 aromatic carbocycles. The van der Waals surface area contributed by atoms with Crippen molar-refractivity contribution < 1.29 is 38.3 Å². The zero-order valence-electron chi connectivity index (χ0n) is 34.9. The Morgan fingerprint density at radius 3 is 2.33 bits per heavy atom. The van der Waals surface area contributed by atoms with Gasteiger partial charge >= 0.3 is 11.9 Å². The van der Waals surface area contributed by atoms with Gasteiger partial charge in [0.2, 0.25) is 12.1 Å². The maximum atomic E-state index is 13.2. The monoisotopic (exact) mass is 753 g/mol. The van der Waals surface area contributed by atoms with Crippen LogP contribution in [0.4, 0.5) is 0 Å². The molecule has 9 aliphatic rings. The molecule has 2 bridgehead atoms. The Kier molecular flexibility index (Phi) is 10.7. The summed E-state index contributed by atoms with van der Waals surface area (Å²) in [4.78, 5) is 38.5. The minimum absolute atomic E-state index is 0.0106. The van der Waals surface area contributed by atoms with Gasteiger partial charge in [-0.15, -0.1) is 0 Å². The SMILES string of the molecule is CC(C)CCC[C@@H](C)[C@H]1CC[C@H]2[C@@H]3CC=C4C[C@@H](OC(=O)CCC(=O)OC5O[C@@H]6O[C@]7(C)CC[C@H]8[C@H](C)CC[C@@H]([C@H]5C)C68OO7)CC[C@]4(C)[C@H]3CC[C@]12C. The highest BCUT2D eigenvalue weighted by molar-refractivity contribution is 5.77. The van der Waals surface area contributed by atoms with E-state index in [4.69, 9.17) is 28.7 Å². The third-order valence-electron chi connectivity index (χ3n) is 17.4. The van der Waals surface area contributed by atoms with E-state index in [9.17, 15) is 9.59 Å². The molecule has 0 N–H and O–H groups in total. The molecule has 8 fully saturated rings. The topological polar surface area (TPSA) is 89.5 Å². The molecule has 4 aliphatic heterocycles. The largest absolute Gasteiger partial charge is 0.462 e. The maximum Gasteiger partial charge on any atom is 0.308 e. The van der Waals surface area contributed by atoms with Gasteiger partial charge in [-0.05, 0) is 129 Å². The van der Waals surface area contributed by atoms with Gasteiger partial charge in [0.25, 0.3) is 0 Å². The van der Waals surface area contributed by atoms with E-state index in [0.29, 0.717) is 11.3 Å². The van der Waals surface area contributed by atoms with E-state index in [2.05, 4.69) is 54.5 Å². The number of fused-ring (bicyclic) bond motifs is 7. The van der Waals surface area contributed by atoms with E-state index in [-0.39, 0.29) is 48.1 Å². The predicted molar refractivity (Wildman–Crippen MR) is 205 cm³/mol.